The molecule has 0 amide bonds. The Morgan fingerprint density at radius 3 is 2.92 bits per heavy atom. The monoisotopic (exact) mass is 338 g/mol. The molecule has 25 heavy (non-hydrogen) atoms. The zero-order chi connectivity index (χ0) is 17.2. The van der Waals surface area contributed by atoms with Gasteiger partial charge in [-0.15, -0.1) is 0 Å². The third kappa shape index (κ3) is 3.24. The van der Waals surface area contributed by atoms with Crippen molar-refractivity contribution in [3.63, 3.8) is 0 Å². The molecule has 1 aliphatic heterocycles. The van der Waals surface area contributed by atoms with Gasteiger partial charge in [-0.2, -0.15) is 0 Å². The van der Waals surface area contributed by atoms with Gasteiger partial charge >= 0.3 is 0 Å². The van der Waals surface area contributed by atoms with E-state index in [-0.39, 0.29) is 0 Å². The van der Waals surface area contributed by atoms with E-state index in [1.54, 1.807) is 0 Å². The summed E-state index contributed by atoms with van der Waals surface area (Å²) in [6, 6.07) is 6.14. The number of fused-ring (bicyclic) bond motifs is 1. The largest absolute Gasteiger partial charge is 0.454 e. The summed E-state index contributed by atoms with van der Waals surface area (Å²) in [5, 5.41) is 0. The number of rotatable bonds is 6. The van der Waals surface area contributed by atoms with Crippen molar-refractivity contribution in [1.29, 1.82) is 0 Å². The van der Waals surface area contributed by atoms with Gasteiger partial charge in [-0.3, -0.25) is 0 Å². The highest BCUT2D eigenvalue weighted by atomic mass is 16.7. The van der Waals surface area contributed by atoms with Crippen LogP contribution in [0.5, 0.6) is 11.5 Å². The molecule has 130 valence electrons. The van der Waals surface area contributed by atoms with E-state index in [0.717, 1.165) is 42.5 Å². The van der Waals surface area contributed by atoms with E-state index >= 15 is 0 Å². The molecule has 0 spiro atoms. The van der Waals surface area contributed by atoms with Gasteiger partial charge in [0.25, 0.3) is 0 Å². The highest BCUT2D eigenvalue weighted by Gasteiger charge is 2.17. The Hall–Kier alpha value is -2.76. The maximum Gasteiger partial charge on any atom is 0.231 e. The first-order chi connectivity index (χ1) is 12.2. The molecule has 1 aromatic carbocycles. The van der Waals surface area contributed by atoms with Crippen molar-refractivity contribution in [2.75, 3.05) is 6.79 Å². The van der Waals surface area contributed by atoms with Crippen molar-refractivity contribution in [2.45, 2.75) is 39.3 Å². The number of aryl methyl sites for hydroxylation is 1. The highest BCUT2D eigenvalue weighted by Crippen LogP contribution is 2.33. The predicted octanol–water partition coefficient (Wildman–Crippen LogP) is 3.22. The average molecular weight is 338 g/mol. The second kappa shape index (κ2) is 6.63. The molecule has 1 unspecified atom stereocenters. The number of benzene rings is 1. The minimum absolute atomic E-state index is 0.295. The molecule has 3 heterocycles. The van der Waals surface area contributed by atoms with Crippen LogP contribution in [0.15, 0.2) is 43.1 Å². The predicted molar refractivity (Wildman–Crippen MR) is 93.9 cm³/mol. The minimum Gasteiger partial charge on any atom is -0.454 e. The van der Waals surface area contributed by atoms with E-state index in [2.05, 4.69) is 51.3 Å². The maximum atomic E-state index is 5.47. The molecule has 0 fully saturated rings. The number of nitrogens with zero attached hydrogens (tertiary/aromatic N) is 4. The minimum atomic E-state index is 0.295. The quantitative estimate of drug-likeness (QED) is 0.692. The van der Waals surface area contributed by atoms with Crippen molar-refractivity contribution in [3.8, 4) is 11.5 Å². The SMILES string of the molecule is CCn1cnc(Cn2ccnc2C(C)Cc2ccc3c(c2)OCO3)c1. The summed E-state index contributed by atoms with van der Waals surface area (Å²) in [5.74, 6) is 3.02. The van der Waals surface area contributed by atoms with Gasteiger partial charge in [0.1, 0.15) is 5.82 Å². The Labute approximate surface area is 147 Å². The molecule has 6 nitrogen and oxygen atoms in total. The normalized spacial score (nSPS) is 14.0. The first-order valence-corrected chi connectivity index (χ1v) is 8.63. The molecule has 0 radical (unpaired) electrons. The van der Waals surface area contributed by atoms with Gasteiger partial charge in [-0.05, 0) is 31.0 Å². The molecule has 3 aromatic rings. The van der Waals surface area contributed by atoms with E-state index in [4.69, 9.17) is 9.47 Å². The molecular weight excluding hydrogens is 316 g/mol. The molecule has 1 aliphatic rings. The van der Waals surface area contributed by atoms with Gasteiger partial charge in [-0.1, -0.05) is 13.0 Å². The fourth-order valence-electron chi connectivity index (χ4n) is 3.23. The lowest BCUT2D eigenvalue weighted by Gasteiger charge is -2.14. The fourth-order valence-corrected chi connectivity index (χ4v) is 3.23. The number of imidazole rings is 2. The second-order valence-electron chi connectivity index (χ2n) is 6.40. The molecule has 6 heteroatoms. The van der Waals surface area contributed by atoms with Crippen molar-refractivity contribution in [2.24, 2.45) is 0 Å². The topological polar surface area (TPSA) is 54.1 Å². The Balaban J connectivity index is 1.49. The fraction of sp³-hybridized carbons (Fsp3) is 0.368. The van der Waals surface area contributed by atoms with E-state index in [1.807, 2.05) is 24.8 Å². The van der Waals surface area contributed by atoms with Crippen molar-refractivity contribution < 1.29 is 9.47 Å². The standard InChI is InChI=1S/C19H22N4O2/c1-3-22-10-16(21-12-22)11-23-7-6-20-19(23)14(2)8-15-4-5-17-18(9-15)25-13-24-17/h4-7,9-10,12,14H,3,8,11,13H2,1-2H3. The van der Waals surface area contributed by atoms with Gasteiger partial charge in [-0.25, -0.2) is 9.97 Å². The van der Waals surface area contributed by atoms with Gasteiger partial charge in [0, 0.05) is 31.1 Å². The summed E-state index contributed by atoms with van der Waals surface area (Å²) in [6.45, 7) is 6.30. The summed E-state index contributed by atoms with van der Waals surface area (Å²) < 4.78 is 15.1. The summed E-state index contributed by atoms with van der Waals surface area (Å²) in [5.41, 5.74) is 2.28. The first kappa shape index (κ1) is 15.7. The molecule has 2 aromatic heterocycles. The Bertz CT molecular complexity index is 868. The van der Waals surface area contributed by atoms with Crippen LogP contribution in [-0.2, 0) is 19.5 Å². The van der Waals surface area contributed by atoms with Crippen LogP contribution in [0.1, 0.15) is 36.8 Å². The Kier molecular flexibility index (Phi) is 4.17. The Morgan fingerprint density at radius 2 is 2.08 bits per heavy atom. The molecule has 0 saturated carbocycles. The summed E-state index contributed by atoms with van der Waals surface area (Å²) in [6.07, 6.45) is 8.75. The van der Waals surface area contributed by atoms with E-state index < -0.39 is 0 Å². The number of hydrogen-bond acceptors (Lipinski definition) is 4. The van der Waals surface area contributed by atoms with Crippen molar-refractivity contribution in [1.82, 2.24) is 19.1 Å². The second-order valence-corrected chi connectivity index (χ2v) is 6.40. The molecule has 0 N–H and O–H groups in total. The third-order valence-electron chi connectivity index (χ3n) is 4.55. The van der Waals surface area contributed by atoms with Crippen LogP contribution >= 0.6 is 0 Å². The van der Waals surface area contributed by atoms with Gasteiger partial charge in [0.2, 0.25) is 6.79 Å². The number of hydrogen-bond donors (Lipinski definition) is 0. The summed E-state index contributed by atoms with van der Waals surface area (Å²) in [4.78, 5) is 9.05. The van der Waals surface area contributed by atoms with Gasteiger partial charge in [0.05, 0.1) is 18.6 Å². The van der Waals surface area contributed by atoms with E-state index in [1.165, 1.54) is 5.56 Å². The molecular formula is C19H22N4O2. The third-order valence-corrected chi connectivity index (χ3v) is 4.55. The van der Waals surface area contributed by atoms with Crippen LogP contribution in [0.2, 0.25) is 0 Å². The average Bonchev–Trinajstić information content (AvgIpc) is 3.35. The summed E-state index contributed by atoms with van der Waals surface area (Å²) in [7, 11) is 0. The van der Waals surface area contributed by atoms with E-state index in [0.29, 0.717) is 12.7 Å². The lowest BCUT2D eigenvalue weighted by molar-refractivity contribution is 0.174. The van der Waals surface area contributed by atoms with Gasteiger partial charge in [0.15, 0.2) is 11.5 Å². The van der Waals surface area contributed by atoms with Crippen molar-refractivity contribution in [3.05, 3.63) is 60.2 Å². The molecule has 4 rings (SSSR count). The number of ether oxygens (including phenoxy) is 2. The maximum absolute atomic E-state index is 5.47. The molecule has 0 saturated heterocycles. The first-order valence-electron chi connectivity index (χ1n) is 8.63. The number of aromatic nitrogens is 4. The van der Waals surface area contributed by atoms with Crippen LogP contribution in [0, 0.1) is 0 Å². The van der Waals surface area contributed by atoms with Crippen molar-refractivity contribution >= 4 is 0 Å². The molecule has 0 bridgehead atoms. The smallest absolute Gasteiger partial charge is 0.231 e. The van der Waals surface area contributed by atoms with Crippen LogP contribution in [0.3, 0.4) is 0 Å². The Morgan fingerprint density at radius 1 is 1.20 bits per heavy atom. The lowest BCUT2D eigenvalue weighted by Crippen LogP contribution is -2.10. The zero-order valence-electron chi connectivity index (χ0n) is 14.6. The zero-order valence-corrected chi connectivity index (χ0v) is 14.6. The van der Waals surface area contributed by atoms with Crippen LogP contribution in [-0.4, -0.2) is 25.9 Å². The highest BCUT2D eigenvalue weighted by molar-refractivity contribution is 5.44. The van der Waals surface area contributed by atoms with Crippen LogP contribution in [0.25, 0.3) is 0 Å². The van der Waals surface area contributed by atoms with Crippen LogP contribution < -0.4 is 9.47 Å². The molecule has 1 atom stereocenters. The molecule has 0 aliphatic carbocycles. The lowest BCUT2D eigenvalue weighted by atomic mass is 10.00. The summed E-state index contributed by atoms with van der Waals surface area (Å²) >= 11 is 0. The van der Waals surface area contributed by atoms with Crippen LogP contribution in [0.4, 0.5) is 0 Å². The van der Waals surface area contributed by atoms with E-state index in [9.17, 15) is 0 Å². The van der Waals surface area contributed by atoms with Gasteiger partial charge < -0.3 is 18.6 Å².